The van der Waals surface area contributed by atoms with Gasteiger partial charge in [0.1, 0.15) is 0 Å². The summed E-state index contributed by atoms with van der Waals surface area (Å²) in [6.07, 6.45) is 0. The lowest BCUT2D eigenvalue weighted by Gasteiger charge is -2.20. The predicted molar refractivity (Wildman–Crippen MR) is 84.5 cm³/mol. The molecule has 2 aromatic heterocycles. The predicted octanol–water partition coefficient (Wildman–Crippen LogP) is 2.73. The van der Waals surface area contributed by atoms with E-state index in [-0.39, 0.29) is 18.5 Å². The first-order valence-corrected chi connectivity index (χ1v) is 7.91. The first kappa shape index (κ1) is 14.7. The van der Waals surface area contributed by atoms with E-state index in [2.05, 4.69) is 10.3 Å². The van der Waals surface area contributed by atoms with Crippen molar-refractivity contribution in [1.82, 2.24) is 15.2 Å². The van der Waals surface area contributed by atoms with Gasteiger partial charge in [-0.25, -0.2) is 4.79 Å². The number of urea groups is 1. The summed E-state index contributed by atoms with van der Waals surface area (Å²) < 4.78 is 0. The molecule has 1 saturated heterocycles. The number of hydrogen-bond donors (Lipinski definition) is 1. The summed E-state index contributed by atoms with van der Waals surface area (Å²) in [6, 6.07) is 7.19. The monoisotopic (exact) mass is 315 g/mol. The fourth-order valence-electron chi connectivity index (χ4n) is 2.62. The van der Waals surface area contributed by atoms with E-state index in [1.807, 2.05) is 43.5 Å². The Labute approximate surface area is 133 Å². The van der Waals surface area contributed by atoms with Crippen molar-refractivity contribution in [2.75, 3.05) is 0 Å². The average molecular weight is 315 g/mol. The van der Waals surface area contributed by atoms with Crippen molar-refractivity contribution in [3.8, 4) is 0 Å². The number of hydrogen-bond acceptors (Lipinski definition) is 4. The number of nitrogens with one attached hydrogen (secondary N) is 1. The Balaban J connectivity index is 1.89. The van der Waals surface area contributed by atoms with Gasteiger partial charge < -0.3 is 5.32 Å². The van der Waals surface area contributed by atoms with Gasteiger partial charge in [-0.3, -0.25) is 14.7 Å². The Morgan fingerprint density at radius 2 is 2.05 bits per heavy atom. The van der Waals surface area contributed by atoms with Crippen LogP contribution in [0.5, 0.6) is 0 Å². The van der Waals surface area contributed by atoms with Crippen LogP contribution in [0.15, 0.2) is 29.6 Å². The minimum atomic E-state index is -0.975. The molecule has 1 unspecified atom stereocenters. The third kappa shape index (κ3) is 2.29. The maximum absolute atomic E-state index is 12.7. The highest BCUT2D eigenvalue weighted by Crippen LogP contribution is 2.32. The van der Waals surface area contributed by atoms with Crippen LogP contribution in [0.4, 0.5) is 4.79 Å². The van der Waals surface area contributed by atoms with Gasteiger partial charge in [0, 0.05) is 16.3 Å². The van der Waals surface area contributed by atoms with Crippen LogP contribution >= 0.6 is 11.3 Å². The minimum absolute atomic E-state index is 0.222. The first-order chi connectivity index (χ1) is 10.4. The smallest absolute Gasteiger partial charge is 0.319 e. The number of carbonyl (C=O) groups is 2. The number of rotatable bonds is 3. The number of nitrogens with zero attached hydrogens (tertiary/aromatic N) is 2. The minimum Gasteiger partial charge on any atom is -0.319 e. The first-order valence-electron chi connectivity index (χ1n) is 7.03. The van der Waals surface area contributed by atoms with Gasteiger partial charge in [-0.1, -0.05) is 12.1 Å². The van der Waals surface area contributed by atoms with Crippen LogP contribution in [0.25, 0.3) is 0 Å². The average Bonchev–Trinajstić information content (AvgIpc) is 3.06. The fraction of sp³-hybridized carbons (Fsp3) is 0.312. The molecule has 114 valence electrons. The van der Waals surface area contributed by atoms with Crippen molar-refractivity contribution >= 4 is 23.3 Å². The molecule has 1 aliphatic rings. The third-order valence-electron chi connectivity index (χ3n) is 3.95. The van der Waals surface area contributed by atoms with Gasteiger partial charge in [-0.05, 0) is 43.8 Å². The molecular weight excluding hydrogens is 298 g/mol. The van der Waals surface area contributed by atoms with Gasteiger partial charge in [0.15, 0.2) is 5.54 Å². The van der Waals surface area contributed by atoms with Crippen molar-refractivity contribution in [2.45, 2.75) is 32.9 Å². The zero-order valence-electron chi connectivity index (χ0n) is 12.7. The lowest BCUT2D eigenvalue weighted by atomic mass is 10.0. The highest BCUT2D eigenvalue weighted by Gasteiger charge is 2.49. The van der Waals surface area contributed by atoms with Crippen LogP contribution in [0, 0.1) is 13.8 Å². The van der Waals surface area contributed by atoms with Crippen LogP contribution in [0.1, 0.15) is 28.8 Å². The topological polar surface area (TPSA) is 62.3 Å². The zero-order valence-corrected chi connectivity index (χ0v) is 13.5. The second-order valence-electron chi connectivity index (χ2n) is 5.62. The number of amides is 3. The molecule has 5 nitrogen and oxygen atoms in total. The Bertz CT molecular complexity index is 742. The molecule has 3 rings (SSSR count). The van der Waals surface area contributed by atoms with E-state index in [9.17, 15) is 9.59 Å². The number of carbonyl (C=O) groups excluding carboxylic acids is 2. The summed E-state index contributed by atoms with van der Waals surface area (Å²) in [5.74, 6) is -0.222. The number of imide groups is 1. The van der Waals surface area contributed by atoms with Crippen molar-refractivity contribution in [2.24, 2.45) is 0 Å². The van der Waals surface area contributed by atoms with E-state index in [4.69, 9.17) is 0 Å². The molecule has 1 fully saturated rings. The fourth-order valence-corrected chi connectivity index (χ4v) is 3.46. The highest BCUT2D eigenvalue weighted by molar-refractivity contribution is 7.10. The summed E-state index contributed by atoms with van der Waals surface area (Å²) >= 11 is 1.46. The maximum Gasteiger partial charge on any atom is 0.325 e. The molecule has 6 heteroatoms. The summed E-state index contributed by atoms with van der Waals surface area (Å²) in [5.41, 5.74) is 1.66. The van der Waals surface area contributed by atoms with Gasteiger partial charge in [-0.2, -0.15) is 0 Å². The number of aromatic nitrogens is 1. The Hall–Kier alpha value is -2.21. The molecule has 0 spiro atoms. The van der Waals surface area contributed by atoms with E-state index in [0.29, 0.717) is 0 Å². The van der Waals surface area contributed by atoms with Crippen molar-refractivity contribution in [1.29, 1.82) is 0 Å². The van der Waals surface area contributed by atoms with Crippen LogP contribution in [-0.4, -0.2) is 21.8 Å². The quantitative estimate of drug-likeness (QED) is 0.886. The van der Waals surface area contributed by atoms with Crippen molar-refractivity contribution in [3.63, 3.8) is 0 Å². The normalized spacial score (nSPS) is 21.3. The second-order valence-corrected chi connectivity index (χ2v) is 6.57. The van der Waals surface area contributed by atoms with E-state index >= 15 is 0 Å². The van der Waals surface area contributed by atoms with Crippen LogP contribution in [0.3, 0.4) is 0 Å². The van der Waals surface area contributed by atoms with Crippen molar-refractivity contribution < 1.29 is 9.59 Å². The molecule has 0 aliphatic carbocycles. The summed E-state index contributed by atoms with van der Waals surface area (Å²) in [6.45, 7) is 5.79. The third-order valence-corrected chi connectivity index (χ3v) is 5.04. The zero-order chi connectivity index (χ0) is 15.9. The van der Waals surface area contributed by atoms with Crippen LogP contribution < -0.4 is 5.32 Å². The van der Waals surface area contributed by atoms with E-state index in [1.54, 1.807) is 6.92 Å². The Kier molecular flexibility index (Phi) is 3.48. The van der Waals surface area contributed by atoms with Crippen LogP contribution in [0.2, 0.25) is 0 Å². The van der Waals surface area contributed by atoms with E-state index < -0.39 is 5.54 Å². The number of pyridine rings is 1. The second kappa shape index (κ2) is 5.21. The summed E-state index contributed by atoms with van der Waals surface area (Å²) in [4.78, 5) is 31.5. The Morgan fingerprint density at radius 1 is 1.27 bits per heavy atom. The largest absolute Gasteiger partial charge is 0.325 e. The van der Waals surface area contributed by atoms with Crippen molar-refractivity contribution in [3.05, 3.63) is 51.5 Å². The van der Waals surface area contributed by atoms with E-state index in [0.717, 1.165) is 21.8 Å². The molecule has 0 radical (unpaired) electrons. The van der Waals surface area contributed by atoms with Gasteiger partial charge in [0.25, 0.3) is 5.91 Å². The maximum atomic E-state index is 12.7. The molecule has 1 atom stereocenters. The van der Waals surface area contributed by atoms with Gasteiger partial charge in [0.05, 0.1) is 6.54 Å². The molecule has 3 amide bonds. The summed E-state index contributed by atoms with van der Waals surface area (Å²) in [5, 5.41) is 4.71. The number of thiophene rings is 1. The van der Waals surface area contributed by atoms with Gasteiger partial charge in [0.2, 0.25) is 0 Å². The molecule has 22 heavy (non-hydrogen) atoms. The molecule has 0 bridgehead atoms. The summed E-state index contributed by atoms with van der Waals surface area (Å²) in [7, 11) is 0. The van der Waals surface area contributed by atoms with Crippen LogP contribution in [-0.2, 0) is 16.9 Å². The molecule has 1 aliphatic heterocycles. The van der Waals surface area contributed by atoms with E-state index in [1.165, 1.54) is 16.2 Å². The molecule has 3 heterocycles. The standard InChI is InChI=1S/C16H17N3O2S/c1-10-6-7-12(11(2)17-10)9-19-14(20)16(3,18-15(19)21)13-5-4-8-22-13/h4-8H,9H2,1-3H3,(H,18,21). The number of aryl methyl sites for hydroxylation is 2. The SMILES string of the molecule is Cc1ccc(CN2C(=O)NC(C)(c3cccs3)C2=O)c(C)n1. The molecule has 1 N–H and O–H groups in total. The Morgan fingerprint density at radius 3 is 2.68 bits per heavy atom. The van der Waals surface area contributed by atoms with Gasteiger partial charge >= 0.3 is 6.03 Å². The highest BCUT2D eigenvalue weighted by atomic mass is 32.1. The lowest BCUT2D eigenvalue weighted by molar-refractivity contribution is -0.131. The lowest BCUT2D eigenvalue weighted by Crippen LogP contribution is -2.40. The molecule has 2 aromatic rings. The van der Waals surface area contributed by atoms with Gasteiger partial charge in [-0.15, -0.1) is 11.3 Å². The molecule has 0 aromatic carbocycles. The molecular formula is C16H17N3O2S. The molecule has 0 saturated carbocycles.